The van der Waals surface area contributed by atoms with Gasteiger partial charge in [0.2, 0.25) is 0 Å². The van der Waals surface area contributed by atoms with Gasteiger partial charge in [0.1, 0.15) is 0 Å². The second-order valence-corrected chi connectivity index (χ2v) is 8.98. The Morgan fingerprint density at radius 2 is 0.333 bits per heavy atom. The molecule has 0 spiro atoms. The summed E-state index contributed by atoms with van der Waals surface area (Å²) in [5, 5.41) is 1.56. The van der Waals surface area contributed by atoms with Crippen LogP contribution < -0.4 is 0 Å². The van der Waals surface area contributed by atoms with E-state index in [0.29, 0.717) is 0 Å². The third kappa shape index (κ3) is 560. The fraction of sp³-hybridized carbons (Fsp3) is 1.00. The Hall–Kier alpha value is 4.64. The molecular weight excluding hydrogens is 735 g/mol. The maximum absolute atomic E-state index is 4.76. The molecule has 0 aromatic carbocycles. The van der Waals surface area contributed by atoms with Crippen molar-refractivity contribution in [3.05, 3.63) is 0 Å². The minimum Gasteiger partial charge on any atom is -0.109 e. The predicted octanol–water partition coefficient (Wildman–Crippen LogP) is 14.0. The van der Waals surface area contributed by atoms with E-state index >= 15 is 0 Å². The highest BCUT2D eigenvalue weighted by atomic mass is 35.6. The van der Waals surface area contributed by atoms with E-state index in [-0.39, 0.29) is 42.7 Å². The SMILES string of the molecule is CCCCCC.ClCCl.ClCCl.ClCCl.ClCCl.ClCCl.ClCCl.ClCCl.ClCCl. The summed E-state index contributed by atoms with van der Waals surface area (Å²) in [7, 11) is 0. The molecule has 0 atom stereocenters. The normalized spacial score (nSPS) is 6.60. The number of hydrogen-bond acceptors (Lipinski definition) is 0. The van der Waals surface area contributed by atoms with Crippen LogP contribution in [0.15, 0.2) is 0 Å². The van der Waals surface area contributed by atoms with Gasteiger partial charge in [-0.2, -0.15) is 0 Å². The molecule has 0 unspecified atom stereocenters. The van der Waals surface area contributed by atoms with Crippen molar-refractivity contribution < 1.29 is 0 Å². The minimum absolute atomic E-state index is 0.194. The van der Waals surface area contributed by atoms with E-state index in [1.807, 2.05) is 0 Å². The second kappa shape index (κ2) is 129. The number of alkyl halides is 16. The van der Waals surface area contributed by atoms with Gasteiger partial charge in [-0.05, 0) is 0 Å². The van der Waals surface area contributed by atoms with Gasteiger partial charge in [0, 0.05) is 0 Å². The number of hydrogen-bond donors (Lipinski definition) is 0. The van der Waals surface area contributed by atoms with Crippen molar-refractivity contribution >= 4 is 186 Å². The van der Waals surface area contributed by atoms with Gasteiger partial charge in [0.25, 0.3) is 0 Å². The summed E-state index contributed by atoms with van der Waals surface area (Å²) in [4.78, 5) is 0. The summed E-state index contributed by atoms with van der Waals surface area (Å²) >= 11 is 76.2. The van der Waals surface area contributed by atoms with Crippen LogP contribution in [0.25, 0.3) is 0 Å². The molecule has 0 saturated heterocycles. The highest BCUT2D eigenvalue weighted by Crippen LogP contribution is 1.95. The van der Waals surface area contributed by atoms with Crippen LogP contribution in [0, 0.1) is 0 Å². The zero-order valence-corrected chi connectivity index (χ0v) is 28.6. The quantitative estimate of drug-likeness (QED) is 0.198. The van der Waals surface area contributed by atoms with Crippen LogP contribution in [0.2, 0.25) is 0 Å². The topological polar surface area (TPSA) is 0 Å². The monoisotopic (exact) mass is 758 g/mol. The molecule has 30 heavy (non-hydrogen) atoms. The lowest BCUT2D eigenvalue weighted by molar-refractivity contribution is 0.702. The zero-order chi connectivity index (χ0) is 26.5. The van der Waals surface area contributed by atoms with E-state index < -0.39 is 0 Å². The van der Waals surface area contributed by atoms with Crippen molar-refractivity contribution in [1.29, 1.82) is 0 Å². The van der Waals surface area contributed by atoms with Gasteiger partial charge in [0.15, 0.2) is 0 Å². The first-order valence-electron chi connectivity index (χ1n) is 7.19. The maximum atomic E-state index is 4.76. The Bertz CT molecular complexity index is 87.9. The summed E-state index contributed by atoms with van der Waals surface area (Å²) in [6.45, 7) is 4.46. The third-order valence-corrected chi connectivity index (χ3v) is 0.957. The Kier molecular flexibility index (Phi) is 257. The van der Waals surface area contributed by atoms with Gasteiger partial charge in [-0.15, -0.1) is 186 Å². The Morgan fingerprint density at radius 3 is 0.367 bits per heavy atom. The smallest absolute Gasteiger partial charge is 0.0967 e. The average molecular weight is 766 g/mol. The molecule has 0 amide bonds. The molecule has 198 valence electrons. The Labute approximate surface area is 264 Å². The van der Waals surface area contributed by atoms with Crippen LogP contribution in [0.4, 0.5) is 0 Å². The highest BCUT2D eigenvalue weighted by Gasteiger charge is 1.75. The fourth-order valence-corrected chi connectivity index (χ4v) is 0.500. The molecule has 0 saturated carbocycles. The summed E-state index contributed by atoms with van der Waals surface area (Å²) in [5.41, 5.74) is 0. The van der Waals surface area contributed by atoms with Crippen LogP contribution in [0.1, 0.15) is 39.5 Å². The molecule has 0 radical (unpaired) electrons. The maximum Gasteiger partial charge on any atom is 0.0967 e. The van der Waals surface area contributed by atoms with Crippen molar-refractivity contribution in [2.24, 2.45) is 0 Å². The molecule has 0 aliphatic heterocycles. The molecule has 16 heteroatoms. The van der Waals surface area contributed by atoms with Gasteiger partial charge >= 0.3 is 0 Å². The summed E-state index contributed by atoms with van der Waals surface area (Å²) in [6.07, 6.45) is 5.54. The van der Waals surface area contributed by atoms with Crippen LogP contribution in [-0.4, -0.2) is 42.7 Å². The molecule has 0 rings (SSSR count). The van der Waals surface area contributed by atoms with E-state index in [4.69, 9.17) is 186 Å². The summed E-state index contributed by atoms with van der Waals surface area (Å²) in [5.74, 6) is 0. The number of unbranched alkanes of at least 4 members (excludes halogenated alkanes) is 3. The highest BCUT2D eigenvalue weighted by molar-refractivity contribution is 6.42. The standard InChI is InChI=1S/C6H14.8CH2Cl2/c1-3-5-6-4-2;8*2-1-3/h3-6H2,1-2H3;8*1H2. The van der Waals surface area contributed by atoms with Gasteiger partial charge in [0.05, 0.1) is 42.7 Å². The molecule has 0 aliphatic carbocycles. The molecular formula is C14H30Cl16. The lowest BCUT2D eigenvalue weighted by Gasteiger charge is -1.86. The number of rotatable bonds is 3. The second-order valence-electron chi connectivity index (χ2n) is 2.52. The van der Waals surface area contributed by atoms with Gasteiger partial charge < -0.3 is 0 Å². The minimum atomic E-state index is 0.194. The van der Waals surface area contributed by atoms with E-state index in [0.717, 1.165) is 0 Å². The molecule has 0 N–H and O–H groups in total. The van der Waals surface area contributed by atoms with E-state index in [2.05, 4.69) is 13.8 Å². The molecule has 0 fully saturated rings. The van der Waals surface area contributed by atoms with Crippen LogP contribution in [0.5, 0.6) is 0 Å². The molecule has 0 aliphatic rings. The van der Waals surface area contributed by atoms with Crippen LogP contribution in [0.3, 0.4) is 0 Å². The van der Waals surface area contributed by atoms with Crippen molar-refractivity contribution in [1.82, 2.24) is 0 Å². The molecule has 0 aromatic rings. The fourth-order valence-electron chi connectivity index (χ4n) is 0.500. The first kappa shape index (κ1) is 59.6. The first-order valence-corrected chi connectivity index (χ1v) is 15.7. The molecule has 0 nitrogen and oxygen atoms in total. The van der Waals surface area contributed by atoms with E-state index in [1.165, 1.54) is 25.7 Å². The van der Waals surface area contributed by atoms with Crippen molar-refractivity contribution in [2.45, 2.75) is 39.5 Å². The average Bonchev–Trinajstić information content (AvgIpc) is 2.65. The van der Waals surface area contributed by atoms with E-state index in [9.17, 15) is 0 Å². The van der Waals surface area contributed by atoms with Crippen LogP contribution >= 0.6 is 186 Å². The summed E-state index contributed by atoms with van der Waals surface area (Å²) in [6, 6.07) is 0. The van der Waals surface area contributed by atoms with E-state index in [1.54, 1.807) is 0 Å². The largest absolute Gasteiger partial charge is 0.109 e. The lowest BCUT2D eigenvalue weighted by atomic mass is 10.2. The number of halogens is 16. The Morgan fingerprint density at radius 1 is 0.267 bits per heavy atom. The third-order valence-electron chi connectivity index (χ3n) is 0.957. The van der Waals surface area contributed by atoms with Crippen molar-refractivity contribution in [3.63, 3.8) is 0 Å². The van der Waals surface area contributed by atoms with Gasteiger partial charge in [-0.25, -0.2) is 0 Å². The van der Waals surface area contributed by atoms with Gasteiger partial charge in [-0.3, -0.25) is 0 Å². The Balaban J connectivity index is -0.0000000240. The first-order chi connectivity index (χ1) is 14.2. The summed E-state index contributed by atoms with van der Waals surface area (Å²) < 4.78 is 0. The van der Waals surface area contributed by atoms with Gasteiger partial charge in [-0.1, -0.05) is 39.5 Å². The molecule has 0 aromatic heterocycles. The van der Waals surface area contributed by atoms with Crippen molar-refractivity contribution in [3.8, 4) is 0 Å². The zero-order valence-electron chi connectivity index (χ0n) is 16.5. The lowest BCUT2D eigenvalue weighted by Crippen LogP contribution is -1.66. The molecule has 0 heterocycles. The van der Waals surface area contributed by atoms with Crippen molar-refractivity contribution in [2.75, 3.05) is 42.7 Å². The predicted molar refractivity (Wildman–Crippen MR) is 162 cm³/mol. The molecule has 0 bridgehead atoms. The van der Waals surface area contributed by atoms with Crippen LogP contribution in [-0.2, 0) is 0 Å².